The Kier molecular flexibility index (Phi) is 5.00. The molecule has 112 valence electrons. The van der Waals surface area contributed by atoms with E-state index in [4.69, 9.17) is 9.47 Å². The molecular weight excluding hydrogens is 257 g/mol. The highest BCUT2D eigenvalue weighted by atomic mass is 19.1. The van der Waals surface area contributed by atoms with E-state index in [0.717, 1.165) is 18.4 Å². The SMILES string of the molecule is CC(C)(C)NCc1cccc(F)c1OC1CCOCC1. The maximum Gasteiger partial charge on any atom is 0.165 e. The summed E-state index contributed by atoms with van der Waals surface area (Å²) in [4.78, 5) is 0. The summed E-state index contributed by atoms with van der Waals surface area (Å²) in [5, 5.41) is 3.37. The summed E-state index contributed by atoms with van der Waals surface area (Å²) in [6.45, 7) is 8.24. The molecule has 0 bridgehead atoms. The lowest BCUT2D eigenvalue weighted by Crippen LogP contribution is -2.35. The van der Waals surface area contributed by atoms with Gasteiger partial charge in [0.25, 0.3) is 0 Å². The molecule has 4 heteroatoms. The zero-order chi connectivity index (χ0) is 14.6. The number of ether oxygens (including phenoxy) is 2. The van der Waals surface area contributed by atoms with Crippen LogP contribution in [-0.2, 0) is 11.3 Å². The summed E-state index contributed by atoms with van der Waals surface area (Å²) in [7, 11) is 0. The number of rotatable bonds is 4. The van der Waals surface area contributed by atoms with Crippen molar-refractivity contribution in [1.82, 2.24) is 5.32 Å². The molecular formula is C16H24FNO2. The zero-order valence-corrected chi connectivity index (χ0v) is 12.5. The summed E-state index contributed by atoms with van der Waals surface area (Å²) in [5.41, 5.74) is 0.855. The van der Waals surface area contributed by atoms with Gasteiger partial charge in [-0.3, -0.25) is 0 Å². The van der Waals surface area contributed by atoms with Crippen molar-refractivity contribution in [1.29, 1.82) is 0 Å². The molecule has 0 aromatic heterocycles. The molecule has 1 fully saturated rings. The lowest BCUT2D eigenvalue weighted by Gasteiger charge is -2.26. The molecule has 0 aliphatic carbocycles. The van der Waals surface area contributed by atoms with Crippen LogP contribution in [0.3, 0.4) is 0 Å². The summed E-state index contributed by atoms with van der Waals surface area (Å²) < 4.78 is 25.2. The predicted molar refractivity (Wildman–Crippen MR) is 77.5 cm³/mol. The van der Waals surface area contributed by atoms with Crippen molar-refractivity contribution >= 4 is 0 Å². The first-order valence-electron chi connectivity index (χ1n) is 7.22. The highest BCUT2D eigenvalue weighted by molar-refractivity contribution is 5.35. The maximum absolute atomic E-state index is 14.0. The first-order valence-corrected chi connectivity index (χ1v) is 7.22. The molecule has 1 aliphatic heterocycles. The van der Waals surface area contributed by atoms with Crippen LogP contribution in [0.25, 0.3) is 0 Å². The van der Waals surface area contributed by atoms with Crippen LogP contribution >= 0.6 is 0 Å². The fourth-order valence-corrected chi connectivity index (χ4v) is 2.15. The summed E-state index contributed by atoms with van der Waals surface area (Å²) >= 11 is 0. The third-order valence-corrected chi connectivity index (χ3v) is 3.31. The van der Waals surface area contributed by atoms with Crippen LogP contribution < -0.4 is 10.1 Å². The summed E-state index contributed by atoms with van der Waals surface area (Å²) in [5.74, 6) is 0.0980. The summed E-state index contributed by atoms with van der Waals surface area (Å²) in [6.07, 6.45) is 1.69. The third kappa shape index (κ3) is 4.46. The first-order chi connectivity index (χ1) is 9.46. The second kappa shape index (κ2) is 6.55. The predicted octanol–water partition coefficient (Wildman–Crippen LogP) is 3.27. The molecule has 0 unspecified atom stereocenters. The topological polar surface area (TPSA) is 30.5 Å². The molecule has 1 N–H and O–H groups in total. The Morgan fingerprint density at radius 2 is 2.00 bits per heavy atom. The Morgan fingerprint density at radius 3 is 2.65 bits per heavy atom. The van der Waals surface area contributed by atoms with Gasteiger partial charge in [-0.05, 0) is 26.8 Å². The minimum Gasteiger partial charge on any atom is -0.487 e. The van der Waals surface area contributed by atoms with Crippen LogP contribution in [0.4, 0.5) is 4.39 Å². The van der Waals surface area contributed by atoms with Crippen LogP contribution in [0, 0.1) is 5.82 Å². The van der Waals surface area contributed by atoms with Crippen LogP contribution in [-0.4, -0.2) is 24.9 Å². The largest absolute Gasteiger partial charge is 0.487 e. The second-order valence-electron chi connectivity index (χ2n) is 6.26. The number of benzene rings is 1. The van der Waals surface area contributed by atoms with Crippen molar-refractivity contribution < 1.29 is 13.9 Å². The van der Waals surface area contributed by atoms with Gasteiger partial charge < -0.3 is 14.8 Å². The van der Waals surface area contributed by atoms with E-state index in [0.29, 0.717) is 25.5 Å². The van der Waals surface area contributed by atoms with Crippen molar-refractivity contribution in [2.75, 3.05) is 13.2 Å². The van der Waals surface area contributed by atoms with Gasteiger partial charge in [0.15, 0.2) is 11.6 Å². The van der Waals surface area contributed by atoms with Gasteiger partial charge in [-0.15, -0.1) is 0 Å². The minimum atomic E-state index is -0.287. The Morgan fingerprint density at radius 1 is 1.30 bits per heavy atom. The monoisotopic (exact) mass is 281 g/mol. The van der Waals surface area contributed by atoms with Gasteiger partial charge >= 0.3 is 0 Å². The van der Waals surface area contributed by atoms with E-state index in [1.54, 1.807) is 6.07 Å². The van der Waals surface area contributed by atoms with Crippen molar-refractivity contribution in [3.8, 4) is 5.75 Å². The highest BCUT2D eigenvalue weighted by Crippen LogP contribution is 2.26. The number of hydrogen-bond donors (Lipinski definition) is 1. The number of nitrogens with one attached hydrogen (secondary N) is 1. The third-order valence-electron chi connectivity index (χ3n) is 3.31. The molecule has 20 heavy (non-hydrogen) atoms. The van der Waals surface area contributed by atoms with Gasteiger partial charge in [-0.25, -0.2) is 4.39 Å². The molecule has 0 radical (unpaired) electrons. The van der Waals surface area contributed by atoms with Crippen LogP contribution in [0.15, 0.2) is 18.2 Å². The Hall–Kier alpha value is -1.13. The van der Waals surface area contributed by atoms with Gasteiger partial charge in [0, 0.05) is 30.5 Å². The van der Waals surface area contributed by atoms with E-state index in [2.05, 4.69) is 26.1 Å². The number of para-hydroxylation sites is 1. The molecule has 0 amide bonds. The lowest BCUT2D eigenvalue weighted by molar-refractivity contribution is 0.0235. The van der Waals surface area contributed by atoms with Crippen molar-refractivity contribution in [2.24, 2.45) is 0 Å². The number of hydrogen-bond acceptors (Lipinski definition) is 3. The molecule has 3 nitrogen and oxygen atoms in total. The van der Waals surface area contributed by atoms with Crippen LogP contribution in [0.1, 0.15) is 39.2 Å². The Balaban J connectivity index is 2.09. The number of halogens is 1. The molecule has 2 rings (SSSR count). The van der Waals surface area contributed by atoms with E-state index in [1.165, 1.54) is 6.07 Å². The molecule has 1 saturated heterocycles. The van der Waals surface area contributed by atoms with E-state index >= 15 is 0 Å². The normalized spacial score (nSPS) is 17.2. The fourth-order valence-electron chi connectivity index (χ4n) is 2.15. The standard InChI is InChI=1S/C16H24FNO2/c1-16(2,3)18-11-12-5-4-6-14(17)15(12)20-13-7-9-19-10-8-13/h4-6,13,18H,7-11H2,1-3H3. The van der Waals surface area contributed by atoms with Crippen molar-refractivity contribution in [3.63, 3.8) is 0 Å². The molecule has 0 atom stereocenters. The van der Waals surface area contributed by atoms with Crippen LogP contribution in [0.5, 0.6) is 5.75 Å². The van der Waals surface area contributed by atoms with Gasteiger partial charge in [-0.2, -0.15) is 0 Å². The molecule has 0 saturated carbocycles. The van der Waals surface area contributed by atoms with Crippen LogP contribution in [0.2, 0.25) is 0 Å². The quantitative estimate of drug-likeness (QED) is 0.919. The first kappa shape index (κ1) is 15.3. The van der Waals surface area contributed by atoms with Gasteiger partial charge in [0.2, 0.25) is 0 Å². The van der Waals surface area contributed by atoms with Gasteiger partial charge in [0.05, 0.1) is 13.2 Å². The van der Waals surface area contributed by atoms with Crippen molar-refractivity contribution in [2.45, 2.75) is 51.8 Å². The van der Waals surface area contributed by atoms with Crippen molar-refractivity contribution in [3.05, 3.63) is 29.6 Å². The van der Waals surface area contributed by atoms with E-state index in [1.807, 2.05) is 6.07 Å². The minimum absolute atomic E-state index is 0.0116. The van der Waals surface area contributed by atoms with E-state index < -0.39 is 0 Å². The van der Waals surface area contributed by atoms with E-state index in [-0.39, 0.29) is 17.5 Å². The smallest absolute Gasteiger partial charge is 0.165 e. The van der Waals surface area contributed by atoms with E-state index in [9.17, 15) is 4.39 Å². The summed E-state index contributed by atoms with van der Waals surface area (Å²) in [6, 6.07) is 5.09. The molecule has 1 aromatic rings. The fraction of sp³-hybridized carbons (Fsp3) is 0.625. The maximum atomic E-state index is 14.0. The highest BCUT2D eigenvalue weighted by Gasteiger charge is 2.20. The van der Waals surface area contributed by atoms with Gasteiger partial charge in [-0.1, -0.05) is 12.1 Å². The molecule has 1 heterocycles. The molecule has 1 aliphatic rings. The Bertz CT molecular complexity index is 437. The molecule has 0 spiro atoms. The molecule has 1 aromatic carbocycles. The van der Waals surface area contributed by atoms with Gasteiger partial charge in [0.1, 0.15) is 6.10 Å². The Labute approximate surface area is 120 Å². The average Bonchev–Trinajstić information content (AvgIpc) is 2.40. The average molecular weight is 281 g/mol. The zero-order valence-electron chi connectivity index (χ0n) is 12.5. The lowest BCUT2D eigenvalue weighted by atomic mass is 10.1. The second-order valence-corrected chi connectivity index (χ2v) is 6.26.